The van der Waals surface area contributed by atoms with Gasteiger partial charge in [0.1, 0.15) is 12.9 Å². The lowest BCUT2D eigenvalue weighted by Gasteiger charge is -2.23. The maximum absolute atomic E-state index is 11.2. The number of ether oxygens (including phenoxy) is 4. The first-order chi connectivity index (χ1) is 8.35. The van der Waals surface area contributed by atoms with Crippen LogP contribution in [0.2, 0.25) is 0 Å². The fourth-order valence-corrected chi connectivity index (χ4v) is 1.62. The molecule has 1 rings (SSSR count). The molecule has 0 unspecified atom stereocenters. The van der Waals surface area contributed by atoms with Gasteiger partial charge in [-0.25, -0.2) is 4.79 Å². The molecule has 104 valence electrons. The van der Waals surface area contributed by atoms with Crippen LogP contribution in [0, 0.1) is 0 Å². The quantitative estimate of drug-likeness (QED) is 0.516. The van der Waals surface area contributed by atoms with Gasteiger partial charge in [-0.05, 0) is 13.8 Å². The molecule has 18 heavy (non-hydrogen) atoms. The molecule has 1 heterocycles. The molecule has 0 radical (unpaired) electrons. The van der Waals surface area contributed by atoms with Crippen molar-refractivity contribution in [2.24, 2.45) is 0 Å². The molecule has 0 saturated carbocycles. The van der Waals surface area contributed by atoms with Gasteiger partial charge in [0.05, 0.1) is 12.7 Å². The van der Waals surface area contributed by atoms with Crippen LogP contribution in [0.5, 0.6) is 0 Å². The van der Waals surface area contributed by atoms with Crippen molar-refractivity contribution in [2.75, 3.05) is 20.5 Å². The van der Waals surface area contributed by atoms with E-state index >= 15 is 0 Å². The average molecular weight is 262 g/mol. The number of rotatable bonds is 7. The van der Waals surface area contributed by atoms with E-state index in [1.165, 1.54) is 7.11 Å². The van der Waals surface area contributed by atoms with Crippen LogP contribution in [0.15, 0.2) is 0 Å². The van der Waals surface area contributed by atoms with Crippen molar-refractivity contribution in [3.63, 3.8) is 0 Å². The van der Waals surface area contributed by atoms with Gasteiger partial charge in [-0.2, -0.15) is 0 Å². The van der Waals surface area contributed by atoms with Gasteiger partial charge >= 0.3 is 5.97 Å². The highest BCUT2D eigenvalue weighted by molar-refractivity contribution is 6.32. The average Bonchev–Trinajstić information content (AvgIpc) is 2.64. The lowest BCUT2D eigenvalue weighted by atomic mass is 10.1. The van der Waals surface area contributed by atoms with Gasteiger partial charge in [0.25, 0.3) is 0 Å². The molecule has 0 aromatic heterocycles. The van der Waals surface area contributed by atoms with Crippen LogP contribution in [-0.4, -0.2) is 55.4 Å². The lowest BCUT2D eigenvalue weighted by molar-refractivity contribution is -0.173. The molecule has 0 aromatic carbocycles. The monoisotopic (exact) mass is 262 g/mol. The third-order valence-electron chi connectivity index (χ3n) is 2.47. The highest BCUT2D eigenvalue weighted by Crippen LogP contribution is 2.26. The van der Waals surface area contributed by atoms with Crippen LogP contribution in [0.25, 0.3) is 0 Å². The number of Topliss-reactive ketones (excluding diaryl/α,β-unsaturated/α-hetero) is 1. The first-order valence-electron chi connectivity index (χ1n) is 5.54. The summed E-state index contributed by atoms with van der Waals surface area (Å²) < 4.78 is 20.9. The molecule has 0 aliphatic carbocycles. The summed E-state index contributed by atoms with van der Waals surface area (Å²) in [5.74, 6) is -3.17. The molecule has 1 saturated heterocycles. The molecule has 7 heteroatoms. The fourth-order valence-electron chi connectivity index (χ4n) is 1.62. The molecular weight excluding hydrogens is 244 g/mol. The Bertz CT molecular complexity index is 313. The molecule has 7 nitrogen and oxygen atoms in total. The van der Waals surface area contributed by atoms with Crippen molar-refractivity contribution < 1.29 is 33.6 Å². The largest absolute Gasteiger partial charge is 0.475 e. The van der Waals surface area contributed by atoms with E-state index in [-0.39, 0.29) is 19.8 Å². The summed E-state index contributed by atoms with van der Waals surface area (Å²) in [7, 11) is 1.44. The number of hydrogen-bond donors (Lipinski definition) is 1. The van der Waals surface area contributed by atoms with Gasteiger partial charge in [0, 0.05) is 13.5 Å². The highest BCUT2D eigenvalue weighted by atomic mass is 16.8. The highest BCUT2D eigenvalue weighted by Gasteiger charge is 2.39. The minimum atomic E-state index is -1.49. The minimum Gasteiger partial charge on any atom is -0.475 e. The van der Waals surface area contributed by atoms with E-state index in [2.05, 4.69) is 0 Å². The summed E-state index contributed by atoms with van der Waals surface area (Å²) in [6.45, 7) is 3.67. The van der Waals surface area contributed by atoms with Gasteiger partial charge in [-0.1, -0.05) is 0 Å². The Hall–Kier alpha value is -1.02. The Kier molecular flexibility index (Phi) is 5.21. The van der Waals surface area contributed by atoms with E-state index in [9.17, 15) is 9.59 Å². The molecule has 0 aromatic rings. The number of methoxy groups -OCH3 is 1. The molecule has 0 amide bonds. The zero-order valence-electron chi connectivity index (χ0n) is 10.7. The van der Waals surface area contributed by atoms with Crippen LogP contribution in [0.4, 0.5) is 0 Å². The Balaban J connectivity index is 2.61. The van der Waals surface area contributed by atoms with Gasteiger partial charge in [0.15, 0.2) is 5.79 Å². The number of hydrogen-bond acceptors (Lipinski definition) is 6. The number of carbonyl (C=O) groups is 2. The van der Waals surface area contributed by atoms with E-state index in [0.29, 0.717) is 0 Å². The first kappa shape index (κ1) is 15.0. The van der Waals surface area contributed by atoms with Gasteiger partial charge in [-0.15, -0.1) is 0 Å². The molecule has 1 aliphatic rings. The molecule has 0 bridgehead atoms. The topological polar surface area (TPSA) is 91.3 Å². The summed E-state index contributed by atoms with van der Waals surface area (Å²) in [6, 6.07) is 0. The predicted octanol–water partition coefficient (Wildman–Crippen LogP) is 0.171. The summed E-state index contributed by atoms with van der Waals surface area (Å²) in [4.78, 5) is 21.8. The molecule has 2 atom stereocenters. The van der Waals surface area contributed by atoms with Crippen molar-refractivity contribution in [3.05, 3.63) is 0 Å². The Morgan fingerprint density at radius 1 is 1.50 bits per heavy atom. The second-order valence-electron chi connectivity index (χ2n) is 4.41. The van der Waals surface area contributed by atoms with Gasteiger partial charge in [0.2, 0.25) is 5.78 Å². The van der Waals surface area contributed by atoms with E-state index in [0.717, 1.165) is 0 Å². The van der Waals surface area contributed by atoms with Crippen molar-refractivity contribution in [3.8, 4) is 0 Å². The molecule has 1 N–H and O–H groups in total. The standard InChI is InChI=1S/C11H18O7/c1-11(2)17-5-9(18-11)8(16-6-15-3)4-7(12)10(13)14/h8-9H,4-6H2,1-3H3,(H,13,14)/t8-,9-/m1/s1. The number of aliphatic carboxylic acids is 1. The van der Waals surface area contributed by atoms with E-state index < -0.39 is 29.7 Å². The minimum absolute atomic E-state index is 0.0438. The maximum Gasteiger partial charge on any atom is 0.372 e. The summed E-state index contributed by atoms with van der Waals surface area (Å²) in [5.41, 5.74) is 0. The van der Waals surface area contributed by atoms with Gasteiger partial charge < -0.3 is 24.1 Å². The zero-order chi connectivity index (χ0) is 13.8. The van der Waals surface area contributed by atoms with Crippen molar-refractivity contribution >= 4 is 11.8 Å². The number of carboxylic acids is 1. The molecule has 1 aliphatic heterocycles. The van der Waals surface area contributed by atoms with E-state index in [1.54, 1.807) is 13.8 Å². The normalized spacial score (nSPS) is 23.8. The van der Waals surface area contributed by atoms with Crippen LogP contribution in [0.3, 0.4) is 0 Å². The molecule has 0 spiro atoms. The Labute approximate surface area is 105 Å². The summed E-state index contributed by atoms with van der Waals surface area (Å²) in [5, 5.41) is 8.59. The third-order valence-corrected chi connectivity index (χ3v) is 2.47. The lowest BCUT2D eigenvalue weighted by Crippen LogP contribution is -2.36. The second-order valence-corrected chi connectivity index (χ2v) is 4.41. The van der Waals surface area contributed by atoms with Crippen molar-refractivity contribution in [2.45, 2.75) is 38.3 Å². The number of carbonyl (C=O) groups excluding carboxylic acids is 1. The molecular formula is C11H18O7. The molecule has 1 fully saturated rings. The van der Waals surface area contributed by atoms with Crippen LogP contribution < -0.4 is 0 Å². The van der Waals surface area contributed by atoms with Crippen LogP contribution >= 0.6 is 0 Å². The van der Waals surface area contributed by atoms with Crippen LogP contribution in [-0.2, 0) is 28.5 Å². The van der Waals surface area contributed by atoms with E-state index in [4.69, 9.17) is 24.1 Å². The van der Waals surface area contributed by atoms with Crippen molar-refractivity contribution in [1.29, 1.82) is 0 Å². The maximum atomic E-state index is 11.2. The van der Waals surface area contributed by atoms with E-state index in [1.807, 2.05) is 0 Å². The first-order valence-corrected chi connectivity index (χ1v) is 5.54. The zero-order valence-corrected chi connectivity index (χ0v) is 10.7. The predicted molar refractivity (Wildman–Crippen MR) is 58.9 cm³/mol. The van der Waals surface area contributed by atoms with Crippen molar-refractivity contribution in [1.82, 2.24) is 0 Å². The third kappa shape index (κ3) is 4.34. The van der Waals surface area contributed by atoms with Crippen LogP contribution in [0.1, 0.15) is 20.3 Å². The smallest absolute Gasteiger partial charge is 0.372 e. The SMILES string of the molecule is COCO[C@H](CC(=O)C(=O)O)[C@H]1COC(C)(C)O1. The fraction of sp³-hybridized carbons (Fsp3) is 0.818. The number of ketones is 1. The van der Waals surface area contributed by atoms with Gasteiger partial charge in [-0.3, -0.25) is 4.79 Å². The summed E-state index contributed by atoms with van der Waals surface area (Å²) in [6.07, 6.45) is -1.46. The number of carboxylic acid groups (broad SMARTS) is 1. The Morgan fingerprint density at radius 2 is 2.17 bits per heavy atom. The second kappa shape index (κ2) is 6.24. The summed E-state index contributed by atoms with van der Waals surface area (Å²) >= 11 is 0. The Morgan fingerprint density at radius 3 is 2.61 bits per heavy atom.